The molecule has 3 N–H and O–H groups in total. The number of ether oxygens (including phenoxy) is 3. The fourth-order valence-electron chi connectivity index (χ4n) is 3.18. The van der Waals surface area contributed by atoms with Crippen LogP contribution in [0.1, 0.15) is 24.3 Å². The minimum Gasteiger partial charge on any atom is -0.439 e. The van der Waals surface area contributed by atoms with E-state index in [1.807, 2.05) is 30.3 Å². The smallest absolute Gasteiger partial charge is 0.407 e. The van der Waals surface area contributed by atoms with E-state index >= 15 is 0 Å². The SMILES string of the molecule is NC(=O)COC(=O)NCCC[C@H]1OC[C@H](c2ccc(Cl)c3ccccc32)CO1. The number of benzene rings is 2. The Labute approximate surface area is 168 Å². The molecule has 1 fully saturated rings. The molecule has 2 aromatic rings. The maximum atomic E-state index is 11.3. The molecule has 1 saturated heterocycles. The molecule has 0 radical (unpaired) electrons. The van der Waals surface area contributed by atoms with Crippen LogP contribution in [0.25, 0.3) is 10.8 Å². The third kappa shape index (κ3) is 5.34. The molecule has 2 aromatic carbocycles. The fourth-order valence-corrected chi connectivity index (χ4v) is 3.41. The van der Waals surface area contributed by atoms with E-state index in [-0.39, 0.29) is 12.2 Å². The molecule has 3 rings (SSSR count). The van der Waals surface area contributed by atoms with Crippen LogP contribution in [0.3, 0.4) is 0 Å². The number of primary amides is 1. The van der Waals surface area contributed by atoms with Crippen molar-refractivity contribution in [2.45, 2.75) is 25.0 Å². The lowest BCUT2D eigenvalue weighted by Gasteiger charge is -2.30. The lowest BCUT2D eigenvalue weighted by molar-refractivity contribution is -0.189. The number of nitrogens with two attached hydrogens (primary N) is 1. The van der Waals surface area contributed by atoms with Crippen LogP contribution in [0.4, 0.5) is 4.79 Å². The standard InChI is InChI=1S/C20H23ClN2O5/c21-17-8-7-14(15-4-1-2-5-16(15)17)13-10-26-19(27-11-13)6-3-9-23-20(25)28-12-18(22)24/h1-2,4-5,7-8,13,19H,3,6,9-12H2,(H2,22,24)(H,23,25)/t13-,19-. The van der Waals surface area contributed by atoms with Gasteiger partial charge in [-0.15, -0.1) is 0 Å². The van der Waals surface area contributed by atoms with Gasteiger partial charge in [-0.25, -0.2) is 4.79 Å². The molecule has 0 bridgehead atoms. The van der Waals surface area contributed by atoms with Gasteiger partial charge in [-0.1, -0.05) is 41.9 Å². The summed E-state index contributed by atoms with van der Waals surface area (Å²) >= 11 is 6.30. The fraction of sp³-hybridized carbons (Fsp3) is 0.400. The molecule has 0 saturated carbocycles. The molecule has 1 aliphatic heterocycles. The van der Waals surface area contributed by atoms with Crippen LogP contribution in [0.5, 0.6) is 0 Å². The highest BCUT2D eigenvalue weighted by Gasteiger charge is 2.24. The van der Waals surface area contributed by atoms with Crippen molar-refractivity contribution in [3.63, 3.8) is 0 Å². The number of carbonyl (C=O) groups excluding carboxylic acids is 2. The summed E-state index contributed by atoms with van der Waals surface area (Å²) in [6.07, 6.45) is 0.326. The van der Waals surface area contributed by atoms with Crippen molar-refractivity contribution >= 4 is 34.4 Å². The van der Waals surface area contributed by atoms with Crippen molar-refractivity contribution in [2.75, 3.05) is 26.4 Å². The van der Waals surface area contributed by atoms with E-state index < -0.39 is 18.6 Å². The van der Waals surface area contributed by atoms with E-state index in [0.717, 1.165) is 21.4 Å². The van der Waals surface area contributed by atoms with Gasteiger partial charge in [0.05, 0.1) is 13.2 Å². The van der Waals surface area contributed by atoms with Gasteiger partial charge in [0.15, 0.2) is 12.9 Å². The molecular weight excluding hydrogens is 384 g/mol. The molecule has 8 heteroatoms. The summed E-state index contributed by atoms with van der Waals surface area (Å²) < 4.78 is 16.3. The predicted molar refractivity (Wildman–Crippen MR) is 105 cm³/mol. The zero-order valence-corrected chi connectivity index (χ0v) is 16.1. The zero-order chi connectivity index (χ0) is 19.9. The molecule has 0 spiro atoms. The molecule has 1 heterocycles. The quantitative estimate of drug-likeness (QED) is 0.688. The zero-order valence-electron chi connectivity index (χ0n) is 15.4. The Morgan fingerprint density at radius 3 is 2.57 bits per heavy atom. The van der Waals surface area contributed by atoms with Crippen molar-refractivity contribution < 1.29 is 23.8 Å². The first-order valence-corrected chi connectivity index (χ1v) is 9.51. The Hall–Kier alpha value is -2.35. The highest BCUT2D eigenvalue weighted by molar-refractivity contribution is 6.35. The molecule has 0 atom stereocenters. The first-order chi connectivity index (χ1) is 13.5. The van der Waals surface area contributed by atoms with Gasteiger partial charge in [0, 0.05) is 29.3 Å². The van der Waals surface area contributed by atoms with Crippen LogP contribution >= 0.6 is 11.6 Å². The van der Waals surface area contributed by atoms with Crippen LogP contribution in [0.15, 0.2) is 36.4 Å². The predicted octanol–water partition coefficient (Wildman–Crippen LogP) is 2.94. The van der Waals surface area contributed by atoms with Crippen LogP contribution < -0.4 is 11.1 Å². The number of hydrogen-bond donors (Lipinski definition) is 2. The second kappa shape index (κ2) is 9.73. The van der Waals surface area contributed by atoms with E-state index in [1.54, 1.807) is 0 Å². The molecule has 0 unspecified atom stereocenters. The first-order valence-electron chi connectivity index (χ1n) is 9.14. The first kappa shape index (κ1) is 20.4. The molecule has 0 aromatic heterocycles. The Bertz CT molecular complexity index is 836. The van der Waals surface area contributed by atoms with Crippen molar-refractivity contribution in [3.8, 4) is 0 Å². The minimum atomic E-state index is -0.692. The number of hydrogen-bond acceptors (Lipinski definition) is 5. The maximum absolute atomic E-state index is 11.3. The van der Waals surface area contributed by atoms with Gasteiger partial charge in [-0.05, 0) is 23.4 Å². The van der Waals surface area contributed by atoms with E-state index in [1.165, 1.54) is 0 Å². The average molecular weight is 407 g/mol. The summed E-state index contributed by atoms with van der Waals surface area (Å²) in [5.41, 5.74) is 6.06. The second-order valence-electron chi connectivity index (χ2n) is 6.59. The normalized spacial score (nSPS) is 19.3. The molecular formula is C20H23ClN2O5. The number of rotatable bonds is 7. The summed E-state index contributed by atoms with van der Waals surface area (Å²) in [5.74, 6) is -0.553. The van der Waals surface area contributed by atoms with Gasteiger partial charge in [-0.3, -0.25) is 4.79 Å². The average Bonchev–Trinajstić information content (AvgIpc) is 2.71. The summed E-state index contributed by atoms with van der Waals surface area (Å²) in [5, 5.41) is 5.42. The molecule has 0 aliphatic carbocycles. The molecule has 150 valence electrons. The summed E-state index contributed by atoms with van der Waals surface area (Å²) in [6, 6.07) is 12.0. The van der Waals surface area contributed by atoms with E-state index in [4.69, 9.17) is 26.8 Å². The third-order valence-electron chi connectivity index (χ3n) is 4.54. The lowest BCUT2D eigenvalue weighted by atomic mass is 9.94. The van der Waals surface area contributed by atoms with E-state index in [0.29, 0.717) is 32.6 Å². The lowest BCUT2D eigenvalue weighted by Crippen LogP contribution is -2.33. The molecule has 2 amide bonds. The molecule has 28 heavy (non-hydrogen) atoms. The Morgan fingerprint density at radius 2 is 1.86 bits per heavy atom. The van der Waals surface area contributed by atoms with Gasteiger partial charge in [-0.2, -0.15) is 0 Å². The second-order valence-corrected chi connectivity index (χ2v) is 6.99. The number of alkyl carbamates (subject to hydrolysis) is 1. The highest BCUT2D eigenvalue weighted by atomic mass is 35.5. The van der Waals surface area contributed by atoms with Crippen LogP contribution in [0.2, 0.25) is 5.02 Å². The minimum absolute atomic E-state index is 0.139. The Balaban J connectivity index is 1.44. The van der Waals surface area contributed by atoms with E-state index in [9.17, 15) is 9.59 Å². The topological polar surface area (TPSA) is 99.9 Å². The summed E-state index contributed by atoms with van der Waals surface area (Å²) in [7, 11) is 0. The van der Waals surface area contributed by atoms with E-state index in [2.05, 4.69) is 16.1 Å². The monoisotopic (exact) mass is 406 g/mol. The van der Waals surface area contributed by atoms with Gasteiger partial charge >= 0.3 is 6.09 Å². The van der Waals surface area contributed by atoms with Crippen molar-refractivity contribution in [1.82, 2.24) is 5.32 Å². The highest BCUT2D eigenvalue weighted by Crippen LogP contribution is 2.33. The number of nitrogens with one attached hydrogen (secondary N) is 1. The Kier molecular flexibility index (Phi) is 7.08. The summed E-state index contributed by atoms with van der Waals surface area (Å²) in [6.45, 7) is 1.09. The summed E-state index contributed by atoms with van der Waals surface area (Å²) in [4.78, 5) is 21.9. The van der Waals surface area contributed by atoms with Crippen molar-refractivity contribution in [3.05, 3.63) is 47.0 Å². The maximum Gasteiger partial charge on any atom is 0.407 e. The van der Waals surface area contributed by atoms with Gasteiger partial charge in [0.2, 0.25) is 0 Å². The number of fused-ring (bicyclic) bond motifs is 1. The van der Waals surface area contributed by atoms with Crippen molar-refractivity contribution in [2.24, 2.45) is 5.73 Å². The molecule has 7 nitrogen and oxygen atoms in total. The van der Waals surface area contributed by atoms with Crippen LogP contribution in [-0.4, -0.2) is 44.7 Å². The number of carbonyl (C=O) groups is 2. The number of halogens is 1. The van der Waals surface area contributed by atoms with Gasteiger partial charge in [0.25, 0.3) is 5.91 Å². The number of amides is 2. The largest absolute Gasteiger partial charge is 0.439 e. The van der Waals surface area contributed by atoms with Gasteiger partial charge in [0.1, 0.15) is 0 Å². The van der Waals surface area contributed by atoms with Crippen molar-refractivity contribution in [1.29, 1.82) is 0 Å². The van der Waals surface area contributed by atoms with Crippen LogP contribution in [-0.2, 0) is 19.0 Å². The molecule has 1 aliphatic rings. The Morgan fingerprint density at radius 1 is 1.14 bits per heavy atom. The van der Waals surface area contributed by atoms with Crippen LogP contribution in [0, 0.1) is 0 Å². The third-order valence-corrected chi connectivity index (χ3v) is 4.87. The van der Waals surface area contributed by atoms with Gasteiger partial charge < -0.3 is 25.3 Å².